The van der Waals surface area contributed by atoms with Gasteiger partial charge in [0.1, 0.15) is 0 Å². The van der Waals surface area contributed by atoms with Crippen LogP contribution >= 0.6 is 15.9 Å². The maximum atomic E-state index is 3.63. The molecule has 0 radical (unpaired) electrons. The van der Waals surface area contributed by atoms with Crippen molar-refractivity contribution in [1.82, 2.24) is 0 Å². The molecule has 0 N–H and O–H groups in total. The Bertz CT molecular complexity index is 389. The van der Waals surface area contributed by atoms with E-state index < -0.39 is 0 Å². The van der Waals surface area contributed by atoms with Crippen LogP contribution in [-0.2, 0) is 5.33 Å². The monoisotopic (exact) mass is 309 g/mol. The minimum absolute atomic E-state index is 0.938. The van der Waals surface area contributed by atoms with E-state index in [4.69, 9.17) is 0 Å². The molecule has 1 aromatic carbocycles. The molecule has 2 heteroatoms. The zero-order chi connectivity index (χ0) is 13.0. The van der Waals surface area contributed by atoms with E-state index >= 15 is 0 Å². The topological polar surface area (TPSA) is 3.24 Å². The van der Waals surface area contributed by atoms with Crippen molar-refractivity contribution in [2.24, 2.45) is 5.92 Å². The lowest BCUT2D eigenvalue weighted by Crippen LogP contribution is -2.25. The quantitative estimate of drug-likeness (QED) is 0.717. The summed E-state index contributed by atoms with van der Waals surface area (Å²) in [6.07, 6.45) is 5.44. The number of benzene rings is 1. The molecule has 18 heavy (non-hydrogen) atoms. The smallest absolute Gasteiger partial charge is 0.0407 e. The standard InChI is InChI=1S/C16H24BrN/c1-3-14-5-4-9-18(10-8-14)16-7-6-13(2)11-15(16)12-17/h6-7,11,14H,3-5,8-10,12H2,1-2H3. The molecule has 1 fully saturated rings. The Balaban J connectivity index is 2.15. The molecule has 0 spiro atoms. The summed E-state index contributed by atoms with van der Waals surface area (Å²) >= 11 is 3.63. The first-order chi connectivity index (χ1) is 8.74. The molecule has 100 valence electrons. The Hall–Kier alpha value is -0.500. The van der Waals surface area contributed by atoms with Crippen molar-refractivity contribution in [3.05, 3.63) is 29.3 Å². The van der Waals surface area contributed by atoms with Gasteiger partial charge >= 0.3 is 0 Å². The Labute approximate surface area is 120 Å². The third-order valence-electron chi connectivity index (χ3n) is 4.14. The van der Waals surface area contributed by atoms with E-state index in [9.17, 15) is 0 Å². The molecule has 1 aromatic rings. The predicted molar refractivity (Wildman–Crippen MR) is 83.7 cm³/mol. The molecule has 0 bridgehead atoms. The van der Waals surface area contributed by atoms with Crippen molar-refractivity contribution in [3.8, 4) is 0 Å². The van der Waals surface area contributed by atoms with Gasteiger partial charge in [-0.25, -0.2) is 0 Å². The lowest BCUT2D eigenvalue weighted by Gasteiger charge is -2.25. The summed E-state index contributed by atoms with van der Waals surface area (Å²) in [5.41, 5.74) is 4.23. The lowest BCUT2D eigenvalue weighted by atomic mass is 9.98. The Kier molecular flexibility index (Phi) is 5.11. The Morgan fingerprint density at radius 3 is 2.83 bits per heavy atom. The first kappa shape index (κ1) is 13.9. The zero-order valence-corrected chi connectivity index (χ0v) is 13.2. The summed E-state index contributed by atoms with van der Waals surface area (Å²) in [5.74, 6) is 0.938. The van der Waals surface area contributed by atoms with Crippen molar-refractivity contribution in [3.63, 3.8) is 0 Å². The van der Waals surface area contributed by atoms with Crippen LogP contribution in [0.1, 0.15) is 43.7 Å². The number of anilines is 1. The molecule has 1 aliphatic rings. The molecule has 0 amide bonds. The van der Waals surface area contributed by atoms with Gasteiger partial charge in [0, 0.05) is 24.1 Å². The van der Waals surface area contributed by atoms with Crippen molar-refractivity contribution in [1.29, 1.82) is 0 Å². The van der Waals surface area contributed by atoms with E-state index in [2.05, 4.69) is 52.9 Å². The Morgan fingerprint density at radius 2 is 2.11 bits per heavy atom. The van der Waals surface area contributed by atoms with Crippen LogP contribution in [0.5, 0.6) is 0 Å². The van der Waals surface area contributed by atoms with Crippen molar-refractivity contribution >= 4 is 21.6 Å². The second-order valence-corrected chi connectivity index (χ2v) is 6.02. The molecule has 1 heterocycles. The minimum atomic E-state index is 0.938. The summed E-state index contributed by atoms with van der Waals surface area (Å²) < 4.78 is 0. The van der Waals surface area contributed by atoms with Gasteiger partial charge in [0.15, 0.2) is 0 Å². The number of nitrogens with zero attached hydrogens (tertiary/aromatic N) is 1. The van der Waals surface area contributed by atoms with Gasteiger partial charge in [0.25, 0.3) is 0 Å². The number of aryl methyl sites for hydroxylation is 1. The van der Waals surface area contributed by atoms with Crippen LogP contribution in [0, 0.1) is 12.8 Å². The number of alkyl halides is 1. The molecule has 1 unspecified atom stereocenters. The number of hydrogen-bond acceptors (Lipinski definition) is 1. The highest BCUT2D eigenvalue weighted by molar-refractivity contribution is 9.08. The third-order valence-corrected chi connectivity index (χ3v) is 4.75. The molecule has 2 rings (SSSR count). The molecule has 1 nitrogen and oxygen atoms in total. The summed E-state index contributed by atoms with van der Waals surface area (Å²) in [7, 11) is 0. The van der Waals surface area contributed by atoms with E-state index in [1.807, 2.05) is 0 Å². The van der Waals surface area contributed by atoms with Gasteiger partial charge < -0.3 is 4.90 Å². The average Bonchev–Trinajstić information content (AvgIpc) is 2.63. The fraction of sp³-hybridized carbons (Fsp3) is 0.625. The maximum absolute atomic E-state index is 3.63. The van der Waals surface area contributed by atoms with Crippen LogP contribution in [0.4, 0.5) is 5.69 Å². The van der Waals surface area contributed by atoms with E-state index in [-0.39, 0.29) is 0 Å². The van der Waals surface area contributed by atoms with Crippen LogP contribution in [-0.4, -0.2) is 13.1 Å². The minimum Gasteiger partial charge on any atom is -0.371 e. The average molecular weight is 310 g/mol. The van der Waals surface area contributed by atoms with Crippen LogP contribution in [0.15, 0.2) is 18.2 Å². The normalized spacial score (nSPS) is 20.8. The van der Waals surface area contributed by atoms with Gasteiger partial charge in [0.2, 0.25) is 0 Å². The lowest BCUT2D eigenvalue weighted by molar-refractivity contribution is 0.459. The van der Waals surface area contributed by atoms with Crippen molar-refractivity contribution in [2.45, 2.75) is 44.9 Å². The fourth-order valence-electron chi connectivity index (χ4n) is 2.94. The molecule has 1 saturated heterocycles. The van der Waals surface area contributed by atoms with E-state index in [0.29, 0.717) is 0 Å². The predicted octanol–water partition coefficient (Wildman–Crippen LogP) is 4.91. The summed E-state index contributed by atoms with van der Waals surface area (Å²) in [5, 5.41) is 0.956. The van der Waals surface area contributed by atoms with Crippen LogP contribution in [0.25, 0.3) is 0 Å². The number of rotatable bonds is 3. The molecular formula is C16H24BrN. The zero-order valence-electron chi connectivity index (χ0n) is 11.6. The molecule has 0 aromatic heterocycles. The second-order valence-electron chi connectivity index (χ2n) is 5.46. The molecule has 1 atom stereocenters. The summed E-state index contributed by atoms with van der Waals surface area (Å²) in [6, 6.07) is 6.86. The number of halogens is 1. The van der Waals surface area contributed by atoms with E-state index in [0.717, 1.165) is 11.2 Å². The highest BCUT2D eigenvalue weighted by atomic mass is 79.9. The van der Waals surface area contributed by atoms with Crippen LogP contribution < -0.4 is 4.90 Å². The van der Waals surface area contributed by atoms with E-state index in [1.54, 1.807) is 0 Å². The van der Waals surface area contributed by atoms with Crippen LogP contribution in [0.2, 0.25) is 0 Å². The van der Waals surface area contributed by atoms with E-state index in [1.165, 1.54) is 55.6 Å². The van der Waals surface area contributed by atoms with Gasteiger partial charge in [-0.1, -0.05) is 47.0 Å². The number of hydrogen-bond donors (Lipinski definition) is 0. The van der Waals surface area contributed by atoms with Crippen LogP contribution in [0.3, 0.4) is 0 Å². The second kappa shape index (κ2) is 6.60. The van der Waals surface area contributed by atoms with Gasteiger partial charge in [-0.2, -0.15) is 0 Å². The SMILES string of the molecule is CCC1CCCN(c2ccc(C)cc2CBr)CC1. The molecule has 1 aliphatic heterocycles. The highest BCUT2D eigenvalue weighted by Gasteiger charge is 2.17. The van der Waals surface area contributed by atoms with Gasteiger partial charge in [-0.15, -0.1) is 0 Å². The largest absolute Gasteiger partial charge is 0.371 e. The van der Waals surface area contributed by atoms with Gasteiger partial charge in [-0.3, -0.25) is 0 Å². The summed E-state index contributed by atoms with van der Waals surface area (Å²) in [4.78, 5) is 2.59. The molecule has 0 saturated carbocycles. The fourth-order valence-corrected chi connectivity index (χ4v) is 3.39. The molecule has 0 aliphatic carbocycles. The van der Waals surface area contributed by atoms with Gasteiger partial charge in [-0.05, 0) is 43.7 Å². The maximum Gasteiger partial charge on any atom is 0.0407 e. The first-order valence-corrected chi connectivity index (χ1v) is 8.27. The van der Waals surface area contributed by atoms with Crippen molar-refractivity contribution < 1.29 is 0 Å². The highest BCUT2D eigenvalue weighted by Crippen LogP contribution is 2.28. The van der Waals surface area contributed by atoms with Gasteiger partial charge in [0.05, 0.1) is 0 Å². The molecular weight excluding hydrogens is 286 g/mol. The first-order valence-electron chi connectivity index (χ1n) is 7.15. The van der Waals surface area contributed by atoms with Crippen molar-refractivity contribution in [2.75, 3.05) is 18.0 Å². The Morgan fingerprint density at radius 1 is 1.28 bits per heavy atom. The summed E-state index contributed by atoms with van der Waals surface area (Å²) in [6.45, 7) is 6.95. The third kappa shape index (κ3) is 3.28.